The minimum atomic E-state index is 0.155. The number of hydrogen-bond donors (Lipinski definition) is 0. The minimum absolute atomic E-state index is 0.155. The van der Waals surface area contributed by atoms with E-state index in [1.807, 2.05) is 6.92 Å². The first-order chi connectivity index (χ1) is 6.42. The van der Waals surface area contributed by atoms with Crippen LogP contribution in [0.25, 0.3) is 0 Å². The molecule has 0 fully saturated rings. The summed E-state index contributed by atoms with van der Waals surface area (Å²) in [5, 5.41) is 2.10. The van der Waals surface area contributed by atoms with E-state index >= 15 is 0 Å². The monoisotopic (exact) mass is 192 g/mol. The highest BCUT2D eigenvalue weighted by Gasteiger charge is 2.15. The van der Waals surface area contributed by atoms with Crippen LogP contribution in [-0.2, 0) is 4.74 Å². The third-order valence-electron chi connectivity index (χ3n) is 2.02. The van der Waals surface area contributed by atoms with Crippen LogP contribution in [0.1, 0.15) is 18.6 Å². The van der Waals surface area contributed by atoms with Crippen molar-refractivity contribution >= 4 is 11.8 Å². The average Bonchev–Trinajstić information content (AvgIpc) is 2.19. The highest BCUT2D eigenvalue weighted by molar-refractivity contribution is 8.02. The minimum Gasteiger partial charge on any atom is -0.370 e. The fourth-order valence-electron chi connectivity index (χ4n) is 1.44. The Morgan fingerprint density at radius 3 is 3.08 bits per heavy atom. The predicted octanol–water partition coefficient (Wildman–Crippen LogP) is 3.38. The smallest absolute Gasteiger partial charge is 0.103 e. The third-order valence-corrected chi connectivity index (χ3v) is 2.94. The zero-order valence-electron chi connectivity index (χ0n) is 7.57. The molecule has 0 amide bonds. The van der Waals surface area contributed by atoms with Crippen LogP contribution in [0.4, 0.5) is 0 Å². The van der Waals surface area contributed by atoms with Crippen LogP contribution < -0.4 is 0 Å². The van der Waals surface area contributed by atoms with Crippen LogP contribution in [0, 0.1) is 0 Å². The van der Waals surface area contributed by atoms with Crippen molar-refractivity contribution in [3.63, 3.8) is 0 Å². The van der Waals surface area contributed by atoms with Gasteiger partial charge in [-0.1, -0.05) is 30.0 Å². The van der Waals surface area contributed by atoms with E-state index in [-0.39, 0.29) is 6.10 Å². The third kappa shape index (κ3) is 1.79. The summed E-state index contributed by atoms with van der Waals surface area (Å²) in [6.07, 6.45) is 2.26. The number of ether oxygens (including phenoxy) is 1. The van der Waals surface area contributed by atoms with E-state index in [1.165, 1.54) is 10.5 Å². The second kappa shape index (κ2) is 3.99. The van der Waals surface area contributed by atoms with E-state index < -0.39 is 0 Å². The van der Waals surface area contributed by atoms with E-state index in [9.17, 15) is 0 Å². The van der Waals surface area contributed by atoms with Crippen molar-refractivity contribution in [3.05, 3.63) is 41.3 Å². The molecule has 0 spiro atoms. The van der Waals surface area contributed by atoms with E-state index in [0.717, 1.165) is 6.61 Å². The molecule has 2 heteroatoms. The zero-order valence-corrected chi connectivity index (χ0v) is 8.38. The van der Waals surface area contributed by atoms with Gasteiger partial charge in [-0.05, 0) is 30.0 Å². The van der Waals surface area contributed by atoms with Crippen LogP contribution in [-0.4, -0.2) is 6.61 Å². The van der Waals surface area contributed by atoms with Crippen molar-refractivity contribution in [2.24, 2.45) is 0 Å². The first kappa shape index (κ1) is 8.85. The van der Waals surface area contributed by atoms with Crippen molar-refractivity contribution in [3.8, 4) is 0 Å². The Morgan fingerprint density at radius 1 is 1.38 bits per heavy atom. The van der Waals surface area contributed by atoms with Gasteiger partial charge in [0.25, 0.3) is 0 Å². The molecule has 0 saturated carbocycles. The molecule has 1 aliphatic heterocycles. The summed E-state index contributed by atoms with van der Waals surface area (Å²) in [6.45, 7) is 2.78. The molecule has 0 aromatic heterocycles. The second-order valence-electron chi connectivity index (χ2n) is 2.86. The first-order valence-electron chi connectivity index (χ1n) is 4.45. The molecule has 1 unspecified atom stereocenters. The summed E-state index contributed by atoms with van der Waals surface area (Å²) >= 11 is 1.76. The molecule has 0 aliphatic carbocycles. The summed E-state index contributed by atoms with van der Waals surface area (Å²) in [5.74, 6) is 0. The van der Waals surface area contributed by atoms with Crippen molar-refractivity contribution < 1.29 is 4.74 Å². The van der Waals surface area contributed by atoms with Gasteiger partial charge in [0.1, 0.15) is 6.10 Å². The van der Waals surface area contributed by atoms with Gasteiger partial charge in [0.2, 0.25) is 0 Å². The quantitative estimate of drug-likeness (QED) is 0.710. The number of hydrogen-bond acceptors (Lipinski definition) is 2. The Hall–Kier alpha value is -0.730. The number of rotatable bonds is 2. The SMILES string of the molecule is CCOC1C=CSc2ccccc21. The van der Waals surface area contributed by atoms with Gasteiger partial charge in [-0.3, -0.25) is 0 Å². The predicted molar refractivity (Wildman–Crippen MR) is 55.8 cm³/mol. The molecule has 1 atom stereocenters. The topological polar surface area (TPSA) is 9.23 Å². The molecule has 0 N–H and O–H groups in total. The first-order valence-corrected chi connectivity index (χ1v) is 5.33. The highest BCUT2D eigenvalue weighted by Crippen LogP contribution is 2.35. The second-order valence-corrected chi connectivity index (χ2v) is 3.81. The van der Waals surface area contributed by atoms with Crippen molar-refractivity contribution in [2.75, 3.05) is 6.61 Å². The molecule has 1 aromatic rings. The van der Waals surface area contributed by atoms with Gasteiger partial charge >= 0.3 is 0 Å². The maximum absolute atomic E-state index is 5.61. The number of benzene rings is 1. The van der Waals surface area contributed by atoms with E-state index in [2.05, 4.69) is 35.7 Å². The summed E-state index contributed by atoms with van der Waals surface area (Å²) in [5.41, 5.74) is 1.29. The molecule has 0 bridgehead atoms. The van der Waals surface area contributed by atoms with Crippen LogP contribution in [0.5, 0.6) is 0 Å². The lowest BCUT2D eigenvalue weighted by Gasteiger charge is -2.19. The molecular formula is C11H12OS. The molecule has 2 rings (SSSR count). The van der Waals surface area contributed by atoms with Crippen LogP contribution in [0.3, 0.4) is 0 Å². The van der Waals surface area contributed by atoms with Crippen molar-refractivity contribution in [1.82, 2.24) is 0 Å². The number of fused-ring (bicyclic) bond motifs is 1. The molecular weight excluding hydrogens is 180 g/mol. The molecule has 0 radical (unpaired) electrons. The van der Waals surface area contributed by atoms with Gasteiger partial charge in [-0.2, -0.15) is 0 Å². The summed E-state index contributed by atoms with van der Waals surface area (Å²) < 4.78 is 5.61. The van der Waals surface area contributed by atoms with Gasteiger partial charge in [0.15, 0.2) is 0 Å². The van der Waals surface area contributed by atoms with Crippen LogP contribution >= 0.6 is 11.8 Å². The molecule has 1 heterocycles. The largest absolute Gasteiger partial charge is 0.370 e. The molecule has 1 nitrogen and oxygen atoms in total. The summed E-state index contributed by atoms with van der Waals surface area (Å²) in [4.78, 5) is 1.31. The summed E-state index contributed by atoms with van der Waals surface area (Å²) in [6, 6.07) is 8.39. The normalized spacial score (nSPS) is 19.9. The number of thioether (sulfide) groups is 1. The Morgan fingerprint density at radius 2 is 2.23 bits per heavy atom. The fraction of sp³-hybridized carbons (Fsp3) is 0.273. The van der Waals surface area contributed by atoms with Crippen LogP contribution in [0.15, 0.2) is 40.6 Å². The fourth-order valence-corrected chi connectivity index (χ4v) is 2.28. The lowest BCUT2D eigenvalue weighted by Crippen LogP contribution is -2.04. The Balaban J connectivity index is 2.31. The molecule has 0 saturated heterocycles. The van der Waals surface area contributed by atoms with Gasteiger partial charge in [-0.25, -0.2) is 0 Å². The summed E-state index contributed by atoms with van der Waals surface area (Å²) in [7, 11) is 0. The Kier molecular flexibility index (Phi) is 2.71. The van der Waals surface area contributed by atoms with Crippen LogP contribution in [0.2, 0.25) is 0 Å². The average molecular weight is 192 g/mol. The van der Waals surface area contributed by atoms with Crippen molar-refractivity contribution in [2.45, 2.75) is 17.9 Å². The van der Waals surface area contributed by atoms with Gasteiger partial charge in [0, 0.05) is 11.5 Å². The van der Waals surface area contributed by atoms with Gasteiger partial charge in [-0.15, -0.1) is 0 Å². The highest BCUT2D eigenvalue weighted by atomic mass is 32.2. The maximum Gasteiger partial charge on any atom is 0.103 e. The van der Waals surface area contributed by atoms with Gasteiger partial charge < -0.3 is 4.74 Å². The lowest BCUT2D eigenvalue weighted by molar-refractivity contribution is 0.0948. The molecule has 1 aromatic carbocycles. The maximum atomic E-state index is 5.61. The van der Waals surface area contributed by atoms with Crippen molar-refractivity contribution in [1.29, 1.82) is 0 Å². The Labute approximate surface area is 82.8 Å². The molecule has 68 valence electrons. The lowest BCUT2D eigenvalue weighted by atomic mass is 10.1. The molecule has 13 heavy (non-hydrogen) atoms. The van der Waals surface area contributed by atoms with E-state index in [1.54, 1.807) is 11.8 Å². The standard InChI is InChI=1S/C11H12OS/c1-2-12-10-7-8-13-11-6-4-3-5-9(10)11/h3-8,10H,2H2,1H3. The molecule has 1 aliphatic rings. The Bertz CT molecular complexity index is 320. The zero-order chi connectivity index (χ0) is 9.10. The van der Waals surface area contributed by atoms with E-state index in [0.29, 0.717) is 0 Å². The van der Waals surface area contributed by atoms with E-state index in [4.69, 9.17) is 4.74 Å². The van der Waals surface area contributed by atoms with Gasteiger partial charge in [0.05, 0.1) is 0 Å².